The van der Waals surface area contributed by atoms with E-state index in [4.69, 9.17) is 27.9 Å². The topological polar surface area (TPSA) is 80.2 Å². The van der Waals surface area contributed by atoms with E-state index in [0.29, 0.717) is 51.7 Å². The van der Waals surface area contributed by atoms with Gasteiger partial charge >= 0.3 is 0 Å². The third-order valence-corrected chi connectivity index (χ3v) is 6.31. The lowest BCUT2D eigenvalue weighted by molar-refractivity contribution is -0.119. The van der Waals surface area contributed by atoms with Crippen LogP contribution in [-0.2, 0) is 11.3 Å². The zero-order chi connectivity index (χ0) is 24.9. The highest BCUT2D eigenvalue weighted by Gasteiger charge is 2.23. The number of ether oxygens (including phenoxy) is 1. The first-order valence-electron chi connectivity index (χ1n) is 11.4. The highest BCUT2D eigenvalue weighted by Crippen LogP contribution is 2.32. The fourth-order valence-electron chi connectivity index (χ4n) is 4.01. The molecule has 10 heteroatoms. The Labute approximate surface area is 213 Å². The summed E-state index contributed by atoms with van der Waals surface area (Å²) in [6.45, 7) is 5.93. The number of likely N-dealkylation sites (tertiary alicyclic amines) is 1. The lowest BCUT2D eigenvalue weighted by Gasteiger charge is -2.32. The molecule has 1 N–H and O–H groups in total. The number of nitrogens with one attached hydrogen (secondary N) is 1. The van der Waals surface area contributed by atoms with Gasteiger partial charge in [0.1, 0.15) is 5.82 Å². The summed E-state index contributed by atoms with van der Waals surface area (Å²) in [6, 6.07) is 6.79. The Morgan fingerprint density at radius 3 is 2.43 bits per heavy atom. The maximum Gasteiger partial charge on any atom is 0.256 e. The summed E-state index contributed by atoms with van der Waals surface area (Å²) in [7, 11) is 0. The van der Waals surface area contributed by atoms with Gasteiger partial charge in [-0.1, -0.05) is 23.2 Å². The normalized spacial score (nSPS) is 14.7. The molecule has 1 aliphatic rings. The van der Waals surface area contributed by atoms with E-state index < -0.39 is 5.82 Å². The molecule has 2 aromatic heterocycles. The molecule has 0 atom stereocenters. The molecule has 1 amide bonds. The van der Waals surface area contributed by atoms with Gasteiger partial charge in [0.15, 0.2) is 11.6 Å². The molecule has 1 aliphatic heterocycles. The SMILES string of the molecule is CC(=O)NCC1CCN(Cc2cc(-c3cc(Cl)cc(Cl)c3)nc(Oc3cnc(C)nc3)c2F)CC1. The molecule has 0 radical (unpaired) electrons. The van der Waals surface area contributed by atoms with Crippen LogP contribution in [-0.4, -0.2) is 45.4 Å². The number of carbonyl (C=O) groups is 1. The number of halogens is 3. The van der Waals surface area contributed by atoms with Crippen LogP contribution in [0.4, 0.5) is 4.39 Å². The molecule has 3 aromatic rings. The van der Waals surface area contributed by atoms with Crippen LogP contribution in [0.3, 0.4) is 0 Å². The van der Waals surface area contributed by atoms with Crippen molar-refractivity contribution in [3.63, 3.8) is 0 Å². The monoisotopic (exact) mass is 517 g/mol. The van der Waals surface area contributed by atoms with E-state index in [-0.39, 0.29) is 17.5 Å². The second-order valence-corrected chi connectivity index (χ2v) is 9.54. The van der Waals surface area contributed by atoms with Crippen LogP contribution in [0.15, 0.2) is 36.7 Å². The molecule has 0 saturated carbocycles. The molecule has 1 saturated heterocycles. The Hall–Kier alpha value is -2.81. The van der Waals surface area contributed by atoms with E-state index >= 15 is 4.39 Å². The maximum absolute atomic E-state index is 15.6. The van der Waals surface area contributed by atoms with E-state index in [1.807, 2.05) is 0 Å². The van der Waals surface area contributed by atoms with Crippen LogP contribution in [0, 0.1) is 18.7 Å². The summed E-state index contributed by atoms with van der Waals surface area (Å²) in [5.41, 5.74) is 1.60. The van der Waals surface area contributed by atoms with Gasteiger partial charge in [-0.2, -0.15) is 0 Å². The number of carbonyl (C=O) groups excluding carboxylic acids is 1. The molecule has 3 heterocycles. The highest BCUT2D eigenvalue weighted by atomic mass is 35.5. The van der Waals surface area contributed by atoms with Crippen molar-refractivity contribution < 1.29 is 13.9 Å². The van der Waals surface area contributed by atoms with Crippen molar-refractivity contribution in [1.29, 1.82) is 0 Å². The predicted octanol–water partition coefficient (Wildman–Crippen LogP) is 5.43. The summed E-state index contributed by atoms with van der Waals surface area (Å²) < 4.78 is 21.3. The quantitative estimate of drug-likeness (QED) is 0.449. The number of nitrogens with zero attached hydrogens (tertiary/aromatic N) is 4. The molecular formula is C25H26Cl2FN5O2. The average Bonchev–Trinajstić information content (AvgIpc) is 2.82. The molecule has 35 heavy (non-hydrogen) atoms. The maximum atomic E-state index is 15.6. The van der Waals surface area contributed by atoms with E-state index in [0.717, 1.165) is 25.9 Å². The summed E-state index contributed by atoms with van der Waals surface area (Å²) in [6.07, 6.45) is 4.80. The van der Waals surface area contributed by atoms with Crippen molar-refractivity contribution in [3.8, 4) is 22.9 Å². The number of aromatic nitrogens is 3. The van der Waals surface area contributed by atoms with Crippen molar-refractivity contribution in [3.05, 3.63) is 63.9 Å². The molecular weight excluding hydrogens is 492 g/mol. The first-order chi connectivity index (χ1) is 16.8. The van der Waals surface area contributed by atoms with Crippen molar-refractivity contribution in [1.82, 2.24) is 25.2 Å². The fourth-order valence-corrected chi connectivity index (χ4v) is 4.54. The predicted molar refractivity (Wildman–Crippen MR) is 133 cm³/mol. The van der Waals surface area contributed by atoms with Crippen LogP contribution in [0.2, 0.25) is 10.0 Å². The minimum Gasteiger partial charge on any atom is -0.433 e. The van der Waals surface area contributed by atoms with E-state index in [2.05, 4.69) is 25.2 Å². The second kappa shape index (κ2) is 11.3. The molecule has 0 unspecified atom stereocenters. The smallest absolute Gasteiger partial charge is 0.256 e. The number of pyridine rings is 1. The van der Waals surface area contributed by atoms with Gasteiger partial charge in [0.25, 0.3) is 5.88 Å². The van der Waals surface area contributed by atoms with Crippen LogP contribution >= 0.6 is 23.2 Å². The molecule has 0 bridgehead atoms. The summed E-state index contributed by atoms with van der Waals surface area (Å²) in [5, 5.41) is 3.79. The molecule has 7 nitrogen and oxygen atoms in total. The molecule has 4 rings (SSSR count). The minimum absolute atomic E-state index is 0.0218. The molecule has 184 valence electrons. The number of benzene rings is 1. The number of rotatable bonds is 7. The van der Waals surface area contributed by atoms with Gasteiger partial charge in [0.2, 0.25) is 5.91 Å². The second-order valence-electron chi connectivity index (χ2n) is 8.67. The van der Waals surface area contributed by atoms with Gasteiger partial charge in [-0.25, -0.2) is 19.3 Å². The first-order valence-corrected chi connectivity index (χ1v) is 12.1. The highest BCUT2D eigenvalue weighted by molar-refractivity contribution is 6.35. The van der Waals surface area contributed by atoms with Gasteiger partial charge in [0.05, 0.1) is 18.1 Å². The first kappa shape index (κ1) is 25.3. The zero-order valence-corrected chi connectivity index (χ0v) is 21.0. The van der Waals surface area contributed by atoms with Crippen LogP contribution < -0.4 is 10.1 Å². The van der Waals surface area contributed by atoms with Crippen LogP contribution in [0.25, 0.3) is 11.3 Å². The number of aryl methyl sites for hydroxylation is 1. The van der Waals surface area contributed by atoms with Crippen LogP contribution in [0.5, 0.6) is 11.6 Å². The van der Waals surface area contributed by atoms with E-state index in [1.165, 1.54) is 19.3 Å². The lowest BCUT2D eigenvalue weighted by atomic mass is 9.96. The fraction of sp³-hybridized carbons (Fsp3) is 0.360. The Balaban J connectivity index is 1.60. The van der Waals surface area contributed by atoms with E-state index in [1.54, 1.807) is 31.2 Å². The largest absolute Gasteiger partial charge is 0.433 e. The van der Waals surface area contributed by atoms with E-state index in [9.17, 15) is 4.79 Å². The number of amides is 1. The van der Waals surface area contributed by atoms with Crippen molar-refractivity contribution >= 4 is 29.1 Å². The minimum atomic E-state index is -0.539. The van der Waals surface area contributed by atoms with Gasteiger partial charge in [0, 0.05) is 41.2 Å². The van der Waals surface area contributed by atoms with Crippen LogP contribution in [0.1, 0.15) is 31.2 Å². The number of hydrogen-bond acceptors (Lipinski definition) is 6. The Kier molecular flexibility index (Phi) is 8.15. The number of piperidine rings is 1. The third kappa shape index (κ3) is 6.87. The molecule has 1 aromatic carbocycles. The summed E-state index contributed by atoms with van der Waals surface area (Å²) >= 11 is 12.4. The van der Waals surface area contributed by atoms with Crippen molar-refractivity contribution in [2.24, 2.45) is 5.92 Å². The average molecular weight is 518 g/mol. The Bertz CT molecular complexity index is 1180. The van der Waals surface area contributed by atoms with Gasteiger partial charge in [-0.15, -0.1) is 0 Å². The Morgan fingerprint density at radius 2 is 1.80 bits per heavy atom. The van der Waals surface area contributed by atoms with Gasteiger partial charge in [-0.05, 0) is 63.0 Å². The van der Waals surface area contributed by atoms with Crippen molar-refractivity contribution in [2.75, 3.05) is 19.6 Å². The molecule has 0 spiro atoms. The molecule has 0 aliphatic carbocycles. The zero-order valence-electron chi connectivity index (χ0n) is 19.5. The molecule has 1 fully saturated rings. The Morgan fingerprint density at radius 1 is 1.14 bits per heavy atom. The third-order valence-electron chi connectivity index (χ3n) is 5.87. The summed E-state index contributed by atoms with van der Waals surface area (Å²) in [4.78, 5) is 26.0. The standard InChI is InChI=1S/C25H26Cl2FN5O2/c1-15-29-12-22(13-30-15)35-25-24(28)19(9-23(32-25)18-7-20(26)10-21(27)8-18)14-33-5-3-17(4-6-33)11-31-16(2)34/h7-10,12-13,17H,3-6,11,14H2,1-2H3,(H,31,34). The van der Waals surface area contributed by atoms with Gasteiger partial charge in [-0.3, -0.25) is 9.69 Å². The summed E-state index contributed by atoms with van der Waals surface area (Å²) in [5.74, 6) is 0.557. The number of hydrogen-bond donors (Lipinski definition) is 1. The van der Waals surface area contributed by atoms with Gasteiger partial charge < -0.3 is 10.1 Å². The lowest BCUT2D eigenvalue weighted by Crippen LogP contribution is -2.38. The van der Waals surface area contributed by atoms with Crippen molar-refractivity contribution in [2.45, 2.75) is 33.2 Å².